The zero-order valence-electron chi connectivity index (χ0n) is 18.7. The van der Waals surface area contributed by atoms with Gasteiger partial charge in [-0.05, 0) is 30.4 Å². The molecular weight excluding hydrogens is 412 g/mol. The molecule has 5 atom stereocenters. The summed E-state index contributed by atoms with van der Waals surface area (Å²) in [4.78, 5) is 29.5. The Hall–Kier alpha value is -2.92. The lowest BCUT2D eigenvalue weighted by Gasteiger charge is -2.33. The number of likely N-dealkylation sites (tertiary alicyclic amines) is 1. The third-order valence-electron chi connectivity index (χ3n) is 7.99. The van der Waals surface area contributed by atoms with Crippen molar-refractivity contribution in [3.63, 3.8) is 0 Å². The van der Waals surface area contributed by atoms with Gasteiger partial charge in [-0.3, -0.25) is 9.59 Å². The number of carbonyl (C=O) groups excluding carboxylic acids is 2. The molecule has 0 unspecified atom stereocenters. The van der Waals surface area contributed by atoms with E-state index in [9.17, 15) is 9.59 Å². The van der Waals surface area contributed by atoms with E-state index in [2.05, 4.69) is 35.7 Å². The van der Waals surface area contributed by atoms with Gasteiger partial charge >= 0.3 is 0 Å². The first kappa shape index (κ1) is 20.7. The van der Waals surface area contributed by atoms with Crippen molar-refractivity contribution in [1.82, 2.24) is 10.2 Å². The van der Waals surface area contributed by atoms with Crippen LogP contribution in [0.3, 0.4) is 0 Å². The molecule has 33 heavy (non-hydrogen) atoms. The maximum Gasteiger partial charge on any atom is 0.246 e. The van der Waals surface area contributed by atoms with Gasteiger partial charge in [0.2, 0.25) is 11.8 Å². The number of nitrogens with one attached hydrogen (secondary N) is 1. The van der Waals surface area contributed by atoms with Crippen LogP contribution >= 0.6 is 0 Å². The predicted molar refractivity (Wildman–Crippen MR) is 125 cm³/mol. The van der Waals surface area contributed by atoms with E-state index in [0.29, 0.717) is 13.0 Å². The van der Waals surface area contributed by atoms with Gasteiger partial charge in [0.15, 0.2) is 0 Å². The fraction of sp³-hybridized carbons (Fsp3) is 0.429. The van der Waals surface area contributed by atoms with Crippen LogP contribution < -0.4 is 5.32 Å². The summed E-state index contributed by atoms with van der Waals surface area (Å²) in [6.45, 7) is 0.507. The molecule has 1 spiro atoms. The zero-order chi connectivity index (χ0) is 22.4. The molecule has 2 bridgehead atoms. The first-order valence-electron chi connectivity index (χ1n) is 12.2. The molecule has 2 aromatic rings. The lowest BCUT2D eigenvalue weighted by molar-refractivity contribution is -0.139. The Kier molecular flexibility index (Phi) is 5.10. The van der Waals surface area contributed by atoms with Gasteiger partial charge in [-0.2, -0.15) is 0 Å². The molecule has 1 saturated carbocycles. The van der Waals surface area contributed by atoms with Crippen molar-refractivity contribution in [1.29, 1.82) is 0 Å². The van der Waals surface area contributed by atoms with E-state index in [1.54, 1.807) is 0 Å². The van der Waals surface area contributed by atoms with Gasteiger partial charge in [0.1, 0.15) is 11.6 Å². The van der Waals surface area contributed by atoms with Crippen LogP contribution in [0.25, 0.3) is 0 Å². The second-order valence-electron chi connectivity index (χ2n) is 9.87. The number of carbonyl (C=O) groups is 2. The average Bonchev–Trinajstić information content (AvgIpc) is 3.61. The molecule has 2 amide bonds. The summed E-state index contributed by atoms with van der Waals surface area (Å²) in [5.74, 6) is -0.458. The summed E-state index contributed by atoms with van der Waals surface area (Å²) < 4.78 is 6.57. The maximum atomic E-state index is 14.0. The number of fused-ring (bicyclic) bond motifs is 1. The minimum absolute atomic E-state index is 0.0400. The summed E-state index contributed by atoms with van der Waals surface area (Å²) in [5.41, 5.74) is 1.38. The monoisotopic (exact) mass is 442 g/mol. The summed E-state index contributed by atoms with van der Waals surface area (Å²) in [6.07, 6.45) is 8.95. The minimum Gasteiger partial charge on any atom is -0.359 e. The van der Waals surface area contributed by atoms with Crippen LogP contribution in [0.4, 0.5) is 0 Å². The van der Waals surface area contributed by atoms with Crippen LogP contribution in [-0.4, -0.2) is 47.0 Å². The second kappa shape index (κ2) is 8.14. The molecule has 0 radical (unpaired) electrons. The van der Waals surface area contributed by atoms with Crippen LogP contribution in [0.2, 0.25) is 0 Å². The molecule has 3 heterocycles. The number of rotatable bonds is 6. The van der Waals surface area contributed by atoms with Crippen molar-refractivity contribution in [3.05, 3.63) is 83.9 Å². The summed E-state index contributed by atoms with van der Waals surface area (Å²) in [7, 11) is 0. The summed E-state index contributed by atoms with van der Waals surface area (Å²) in [5, 5.41) is 3.27. The van der Waals surface area contributed by atoms with Crippen molar-refractivity contribution in [2.75, 3.05) is 6.54 Å². The largest absolute Gasteiger partial charge is 0.359 e. The Labute approximate surface area is 194 Å². The number of hydrogen-bond acceptors (Lipinski definition) is 3. The first-order valence-corrected chi connectivity index (χ1v) is 12.2. The van der Waals surface area contributed by atoms with E-state index in [-0.39, 0.29) is 35.8 Å². The molecule has 1 aliphatic carbocycles. The van der Waals surface area contributed by atoms with Crippen molar-refractivity contribution in [2.45, 2.75) is 61.8 Å². The van der Waals surface area contributed by atoms with Gasteiger partial charge in [-0.15, -0.1) is 0 Å². The fourth-order valence-corrected chi connectivity index (χ4v) is 6.51. The predicted octanol–water partition coefficient (Wildman–Crippen LogP) is 3.61. The van der Waals surface area contributed by atoms with E-state index in [0.717, 1.165) is 36.8 Å². The molecule has 1 N–H and O–H groups in total. The smallest absolute Gasteiger partial charge is 0.246 e. The van der Waals surface area contributed by atoms with Crippen LogP contribution in [0, 0.1) is 5.92 Å². The van der Waals surface area contributed by atoms with Crippen molar-refractivity contribution >= 4 is 11.8 Å². The van der Waals surface area contributed by atoms with Crippen molar-refractivity contribution < 1.29 is 14.3 Å². The van der Waals surface area contributed by atoms with Gasteiger partial charge in [-0.25, -0.2) is 0 Å². The average molecular weight is 443 g/mol. The second-order valence-corrected chi connectivity index (χ2v) is 9.87. The highest BCUT2D eigenvalue weighted by Crippen LogP contribution is 2.58. The molecule has 6 rings (SSSR count). The number of nitrogens with zero attached hydrogens (tertiary/aromatic N) is 1. The van der Waals surface area contributed by atoms with Gasteiger partial charge in [0, 0.05) is 18.5 Å². The molecule has 4 aliphatic rings. The van der Waals surface area contributed by atoms with Gasteiger partial charge < -0.3 is 15.0 Å². The summed E-state index contributed by atoms with van der Waals surface area (Å²) in [6, 6.07) is 19.9. The van der Waals surface area contributed by atoms with E-state index < -0.39 is 11.6 Å². The maximum absolute atomic E-state index is 14.0. The van der Waals surface area contributed by atoms with Gasteiger partial charge in [-0.1, -0.05) is 85.7 Å². The van der Waals surface area contributed by atoms with Crippen molar-refractivity contribution in [2.24, 2.45) is 5.92 Å². The van der Waals surface area contributed by atoms with Crippen LogP contribution in [-0.2, 0) is 20.7 Å². The molecule has 170 valence electrons. The van der Waals surface area contributed by atoms with E-state index >= 15 is 0 Å². The number of amides is 2. The Balaban J connectivity index is 1.35. The highest BCUT2D eigenvalue weighted by molar-refractivity contribution is 5.97. The van der Waals surface area contributed by atoms with Crippen LogP contribution in [0.1, 0.15) is 42.7 Å². The third-order valence-corrected chi connectivity index (χ3v) is 7.99. The van der Waals surface area contributed by atoms with E-state index in [4.69, 9.17) is 4.74 Å². The molecule has 3 fully saturated rings. The van der Waals surface area contributed by atoms with Gasteiger partial charge in [0.05, 0.1) is 12.0 Å². The standard InChI is InChI=1S/C28H30N2O3/c31-26(29-21-13-7-8-14-21)25-28-17-15-22(33-28)23(20-11-5-2-6-12-20)24(28)27(32)30(25)18-16-19-9-3-1-4-10-19/h1-6,9-12,15,17,21-25H,7-8,13-14,16,18H2,(H,29,31)/t22-,23-,24+,25+,28+/m1/s1. The number of ether oxygens (including phenoxy) is 1. The number of benzene rings is 2. The first-order chi connectivity index (χ1) is 16.2. The van der Waals surface area contributed by atoms with Crippen LogP contribution in [0.15, 0.2) is 72.8 Å². The molecule has 2 aromatic carbocycles. The summed E-state index contributed by atoms with van der Waals surface area (Å²) >= 11 is 0. The highest BCUT2D eigenvalue weighted by atomic mass is 16.5. The molecular formula is C28H30N2O3. The quantitative estimate of drug-likeness (QED) is 0.696. The molecule has 2 saturated heterocycles. The Morgan fingerprint density at radius 3 is 2.45 bits per heavy atom. The van der Waals surface area contributed by atoms with Gasteiger partial charge in [0.25, 0.3) is 0 Å². The Bertz CT molecular complexity index is 1060. The van der Waals surface area contributed by atoms with Crippen molar-refractivity contribution in [3.8, 4) is 0 Å². The topological polar surface area (TPSA) is 58.6 Å². The highest BCUT2D eigenvalue weighted by Gasteiger charge is 2.71. The molecule has 0 aromatic heterocycles. The molecule has 3 aliphatic heterocycles. The third kappa shape index (κ3) is 3.33. The fourth-order valence-electron chi connectivity index (χ4n) is 6.51. The van der Waals surface area contributed by atoms with Crippen LogP contribution in [0.5, 0.6) is 0 Å². The number of hydrogen-bond donors (Lipinski definition) is 1. The lowest BCUT2D eigenvalue weighted by Crippen LogP contribution is -2.56. The molecule has 5 nitrogen and oxygen atoms in total. The van der Waals surface area contributed by atoms with E-state index in [1.807, 2.05) is 47.4 Å². The normalized spacial score (nSPS) is 32.5. The zero-order valence-corrected chi connectivity index (χ0v) is 18.7. The molecule has 5 heteroatoms. The SMILES string of the molecule is O=C(NC1CCCC1)[C@@H]1N(CCc2ccccc2)C(=O)[C@@H]2[C@H](c3ccccc3)[C@H]3C=C[C@]21O3. The van der Waals surface area contributed by atoms with E-state index in [1.165, 1.54) is 0 Å². The minimum atomic E-state index is -0.887. The Morgan fingerprint density at radius 1 is 1.03 bits per heavy atom. The Morgan fingerprint density at radius 2 is 1.73 bits per heavy atom. The lowest BCUT2D eigenvalue weighted by atomic mass is 9.72.